The van der Waals surface area contributed by atoms with Gasteiger partial charge in [0.15, 0.2) is 0 Å². The minimum Gasteiger partial charge on any atom is -0.335 e. The van der Waals surface area contributed by atoms with Gasteiger partial charge in [0.05, 0.1) is 5.69 Å². The van der Waals surface area contributed by atoms with Crippen LogP contribution in [-0.4, -0.2) is 24.3 Å². The second-order valence-corrected chi connectivity index (χ2v) is 5.77. The second-order valence-electron chi connectivity index (χ2n) is 5.34. The van der Waals surface area contributed by atoms with Gasteiger partial charge in [-0.3, -0.25) is 0 Å². The lowest BCUT2D eigenvalue weighted by Gasteiger charge is -2.10. The van der Waals surface area contributed by atoms with Crippen molar-refractivity contribution in [2.75, 3.05) is 0 Å². The highest BCUT2D eigenvalue weighted by Gasteiger charge is 2.12. The molecule has 0 N–H and O–H groups in total. The Kier molecular flexibility index (Phi) is 3.98. The van der Waals surface area contributed by atoms with Gasteiger partial charge in [-0.2, -0.15) is 5.10 Å². The van der Waals surface area contributed by atoms with Crippen molar-refractivity contribution in [3.8, 4) is 5.69 Å². The van der Waals surface area contributed by atoms with Crippen molar-refractivity contribution in [2.24, 2.45) is 0 Å². The van der Waals surface area contributed by atoms with Crippen LogP contribution in [-0.2, 0) is 13.0 Å². The standard InChI is InChI=1S/C16H18ClN5/c1-11-10-14(17)4-5-15(11)22-16(19-12(2)20-22)6-8-21-9-7-18-13(21)3/h4-5,7,9-10H,6,8H2,1-3H3. The summed E-state index contributed by atoms with van der Waals surface area (Å²) in [6.07, 6.45) is 4.59. The number of imidazole rings is 1. The molecule has 1 aromatic carbocycles. The maximum Gasteiger partial charge on any atom is 0.148 e. The van der Waals surface area contributed by atoms with Crippen LogP contribution in [0.25, 0.3) is 5.69 Å². The van der Waals surface area contributed by atoms with Gasteiger partial charge in [0.25, 0.3) is 0 Å². The van der Waals surface area contributed by atoms with Crippen LogP contribution in [0.4, 0.5) is 0 Å². The van der Waals surface area contributed by atoms with E-state index in [0.29, 0.717) is 0 Å². The molecule has 0 spiro atoms. The zero-order valence-corrected chi connectivity index (χ0v) is 13.7. The lowest BCUT2D eigenvalue weighted by Crippen LogP contribution is -2.09. The first-order chi connectivity index (χ1) is 10.5. The van der Waals surface area contributed by atoms with E-state index in [-0.39, 0.29) is 0 Å². The zero-order valence-electron chi connectivity index (χ0n) is 12.9. The molecule has 0 amide bonds. The molecular weight excluding hydrogens is 298 g/mol. The van der Waals surface area contributed by atoms with Gasteiger partial charge in [-0.25, -0.2) is 14.6 Å². The molecule has 3 aromatic rings. The van der Waals surface area contributed by atoms with E-state index >= 15 is 0 Å². The summed E-state index contributed by atoms with van der Waals surface area (Å²) in [6, 6.07) is 5.81. The fraction of sp³-hybridized carbons (Fsp3) is 0.312. The summed E-state index contributed by atoms with van der Waals surface area (Å²) in [6.45, 7) is 6.77. The number of hydrogen-bond donors (Lipinski definition) is 0. The lowest BCUT2D eigenvalue weighted by molar-refractivity contribution is 0.636. The molecule has 0 aliphatic rings. The molecule has 0 aliphatic heterocycles. The summed E-state index contributed by atoms with van der Waals surface area (Å²) in [4.78, 5) is 8.81. The normalized spacial score (nSPS) is 11.1. The average Bonchev–Trinajstić information content (AvgIpc) is 3.02. The number of benzene rings is 1. The molecule has 6 heteroatoms. The Morgan fingerprint density at radius 2 is 2.00 bits per heavy atom. The number of halogens is 1. The maximum atomic E-state index is 6.04. The Labute approximate surface area is 134 Å². The van der Waals surface area contributed by atoms with Crippen LogP contribution in [0.1, 0.15) is 23.0 Å². The first-order valence-corrected chi connectivity index (χ1v) is 7.59. The van der Waals surface area contributed by atoms with Crippen LogP contribution in [0.5, 0.6) is 0 Å². The van der Waals surface area contributed by atoms with Crippen LogP contribution >= 0.6 is 11.6 Å². The smallest absolute Gasteiger partial charge is 0.148 e. The first-order valence-electron chi connectivity index (χ1n) is 7.21. The summed E-state index contributed by atoms with van der Waals surface area (Å²) < 4.78 is 4.02. The molecule has 0 atom stereocenters. The zero-order chi connectivity index (χ0) is 15.7. The average molecular weight is 316 g/mol. The highest BCUT2D eigenvalue weighted by atomic mass is 35.5. The van der Waals surface area contributed by atoms with Gasteiger partial charge in [-0.05, 0) is 44.5 Å². The van der Waals surface area contributed by atoms with Gasteiger partial charge < -0.3 is 4.57 Å². The summed E-state index contributed by atoms with van der Waals surface area (Å²) in [7, 11) is 0. The number of aryl methyl sites for hydroxylation is 5. The molecule has 0 saturated carbocycles. The molecule has 0 unspecified atom stereocenters. The minimum absolute atomic E-state index is 0.730. The molecule has 2 aromatic heterocycles. The Morgan fingerprint density at radius 3 is 2.68 bits per heavy atom. The summed E-state index contributed by atoms with van der Waals surface area (Å²) in [5.41, 5.74) is 2.10. The molecule has 114 valence electrons. The van der Waals surface area contributed by atoms with Gasteiger partial charge in [0.2, 0.25) is 0 Å². The van der Waals surface area contributed by atoms with E-state index in [1.165, 1.54) is 0 Å². The molecule has 0 radical (unpaired) electrons. The predicted octanol–water partition coefficient (Wildman–Crippen LogP) is 3.29. The molecule has 0 saturated heterocycles. The number of hydrogen-bond acceptors (Lipinski definition) is 3. The fourth-order valence-electron chi connectivity index (χ4n) is 2.53. The van der Waals surface area contributed by atoms with E-state index in [4.69, 9.17) is 11.6 Å². The molecule has 0 aliphatic carbocycles. The molecule has 0 fully saturated rings. The minimum atomic E-state index is 0.730. The number of rotatable bonds is 4. The van der Waals surface area contributed by atoms with E-state index in [1.54, 1.807) is 0 Å². The highest BCUT2D eigenvalue weighted by molar-refractivity contribution is 6.30. The molecule has 2 heterocycles. The molecule has 22 heavy (non-hydrogen) atoms. The van der Waals surface area contributed by atoms with Gasteiger partial charge in [-0.15, -0.1) is 0 Å². The first kappa shape index (κ1) is 14.8. The molecule has 3 rings (SSSR count). The van der Waals surface area contributed by atoms with Gasteiger partial charge >= 0.3 is 0 Å². The molecule has 0 bridgehead atoms. The van der Waals surface area contributed by atoms with E-state index in [0.717, 1.165) is 46.7 Å². The van der Waals surface area contributed by atoms with Crippen LogP contribution < -0.4 is 0 Å². The van der Waals surface area contributed by atoms with Crippen molar-refractivity contribution < 1.29 is 0 Å². The van der Waals surface area contributed by atoms with Crippen molar-refractivity contribution in [2.45, 2.75) is 33.7 Å². The van der Waals surface area contributed by atoms with E-state index in [1.807, 2.05) is 56.0 Å². The van der Waals surface area contributed by atoms with Crippen molar-refractivity contribution in [3.05, 3.63) is 58.7 Å². The summed E-state index contributed by atoms with van der Waals surface area (Å²) in [5.74, 6) is 2.72. The van der Waals surface area contributed by atoms with Crippen LogP contribution in [0, 0.1) is 20.8 Å². The topological polar surface area (TPSA) is 48.5 Å². The Morgan fingerprint density at radius 1 is 1.18 bits per heavy atom. The van der Waals surface area contributed by atoms with Gasteiger partial charge in [0.1, 0.15) is 17.5 Å². The van der Waals surface area contributed by atoms with E-state index in [9.17, 15) is 0 Å². The third-order valence-electron chi connectivity index (χ3n) is 3.67. The highest BCUT2D eigenvalue weighted by Crippen LogP contribution is 2.20. The lowest BCUT2D eigenvalue weighted by atomic mass is 10.2. The third-order valence-corrected chi connectivity index (χ3v) is 3.90. The fourth-order valence-corrected chi connectivity index (χ4v) is 2.76. The molecular formula is C16H18ClN5. The van der Waals surface area contributed by atoms with E-state index in [2.05, 4.69) is 19.6 Å². The van der Waals surface area contributed by atoms with Crippen LogP contribution in [0.2, 0.25) is 5.02 Å². The Balaban J connectivity index is 1.91. The maximum absolute atomic E-state index is 6.04. The monoisotopic (exact) mass is 315 g/mol. The summed E-state index contributed by atoms with van der Waals surface area (Å²) in [5, 5.41) is 5.26. The SMILES string of the molecule is Cc1nc(CCn2ccnc2C)n(-c2ccc(Cl)cc2C)n1. The number of nitrogens with zero attached hydrogens (tertiary/aromatic N) is 5. The Bertz CT molecular complexity index is 803. The molecule has 5 nitrogen and oxygen atoms in total. The van der Waals surface area contributed by atoms with E-state index < -0.39 is 0 Å². The quantitative estimate of drug-likeness (QED) is 0.742. The largest absolute Gasteiger partial charge is 0.335 e. The summed E-state index contributed by atoms with van der Waals surface area (Å²) >= 11 is 6.04. The second kappa shape index (κ2) is 5.93. The van der Waals surface area contributed by atoms with Crippen molar-refractivity contribution in [1.82, 2.24) is 24.3 Å². The third kappa shape index (κ3) is 2.90. The van der Waals surface area contributed by atoms with Crippen LogP contribution in [0.3, 0.4) is 0 Å². The number of aromatic nitrogens is 5. The predicted molar refractivity (Wildman–Crippen MR) is 86.5 cm³/mol. The van der Waals surface area contributed by atoms with Gasteiger partial charge in [-0.1, -0.05) is 11.6 Å². The van der Waals surface area contributed by atoms with Crippen molar-refractivity contribution in [3.63, 3.8) is 0 Å². The van der Waals surface area contributed by atoms with Gasteiger partial charge in [0, 0.05) is 30.4 Å². The Hall–Kier alpha value is -2.14. The van der Waals surface area contributed by atoms with Crippen LogP contribution in [0.15, 0.2) is 30.6 Å². The van der Waals surface area contributed by atoms with Crippen molar-refractivity contribution >= 4 is 11.6 Å². The van der Waals surface area contributed by atoms with Crippen molar-refractivity contribution in [1.29, 1.82) is 0 Å².